The van der Waals surface area contributed by atoms with E-state index in [4.69, 9.17) is 5.73 Å². The first-order valence-corrected chi connectivity index (χ1v) is 5.35. The Morgan fingerprint density at radius 2 is 1.94 bits per heavy atom. The largest absolute Gasteiger partial charge is 0.326 e. The molecular formula is C12H17N3O2. The third kappa shape index (κ3) is 3.88. The first kappa shape index (κ1) is 13.2. The Morgan fingerprint density at radius 3 is 2.47 bits per heavy atom. The van der Waals surface area contributed by atoms with Crippen molar-refractivity contribution in [3.05, 3.63) is 23.8 Å². The van der Waals surface area contributed by atoms with Gasteiger partial charge in [0.05, 0.1) is 6.04 Å². The van der Waals surface area contributed by atoms with Crippen molar-refractivity contribution in [2.45, 2.75) is 26.8 Å². The first-order valence-electron chi connectivity index (χ1n) is 5.35. The van der Waals surface area contributed by atoms with Crippen molar-refractivity contribution in [1.82, 2.24) is 0 Å². The van der Waals surface area contributed by atoms with E-state index in [2.05, 4.69) is 10.6 Å². The highest BCUT2D eigenvalue weighted by Gasteiger charge is 2.08. The molecule has 1 aromatic rings. The van der Waals surface area contributed by atoms with E-state index in [-0.39, 0.29) is 11.8 Å². The molecule has 0 aliphatic carbocycles. The molecule has 1 atom stereocenters. The van der Waals surface area contributed by atoms with Gasteiger partial charge in [-0.25, -0.2) is 0 Å². The third-order valence-corrected chi connectivity index (χ3v) is 2.23. The summed E-state index contributed by atoms with van der Waals surface area (Å²) >= 11 is 0. The van der Waals surface area contributed by atoms with Gasteiger partial charge < -0.3 is 16.4 Å². The van der Waals surface area contributed by atoms with E-state index in [1.807, 2.05) is 13.0 Å². The van der Waals surface area contributed by atoms with Crippen LogP contribution in [-0.4, -0.2) is 17.9 Å². The molecule has 1 rings (SSSR count). The van der Waals surface area contributed by atoms with Crippen LogP contribution in [0.1, 0.15) is 19.4 Å². The standard InChI is InChI=1S/C12H17N3O2/c1-7-4-5-10(15-12(17)8(2)13)6-11(7)14-9(3)16/h4-6,8H,13H2,1-3H3,(H,14,16)(H,15,17)/t8-/m0/s1. The molecule has 5 heteroatoms. The maximum Gasteiger partial charge on any atom is 0.240 e. The van der Waals surface area contributed by atoms with Gasteiger partial charge in [-0.2, -0.15) is 0 Å². The zero-order chi connectivity index (χ0) is 13.0. The van der Waals surface area contributed by atoms with E-state index < -0.39 is 6.04 Å². The van der Waals surface area contributed by atoms with Crippen molar-refractivity contribution >= 4 is 23.2 Å². The van der Waals surface area contributed by atoms with Crippen molar-refractivity contribution in [3.8, 4) is 0 Å². The van der Waals surface area contributed by atoms with E-state index >= 15 is 0 Å². The minimum atomic E-state index is -0.569. The summed E-state index contributed by atoms with van der Waals surface area (Å²) in [4.78, 5) is 22.4. The number of benzene rings is 1. The lowest BCUT2D eigenvalue weighted by Crippen LogP contribution is -2.32. The van der Waals surface area contributed by atoms with Crippen LogP contribution in [0.2, 0.25) is 0 Å². The predicted octanol–water partition coefficient (Wildman–Crippen LogP) is 1.24. The van der Waals surface area contributed by atoms with Crippen LogP contribution in [0.15, 0.2) is 18.2 Å². The van der Waals surface area contributed by atoms with Crippen molar-refractivity contribution in [3.63, 3.8) is 0 Å². The molecule has 1 aromatic carbocycles. The van der Waals surface area contributed by atoms with Gasteiger partial charge in [0.25, 0.3) is 0 Å². The molecule has 0 saturated heterocycles. The van der Waals surface area contributed by atoms with Gasteiger partial charge in [0.2, 0.25) is 11.8 Å². The fraction of sp³-hybridized carbons (Fsp3) is 0.333. The molecule has 0 heterocycles. The highest BCUT2D eigenvalue weighted by atomic mass is 16.2. The smallest absolute Gasteiger partial charge is 0.240 e. The fourth-order valence-corrected chi connectivity index (χ4v) is 1.28. The molecule has 0 saturated carbocycles. The number of carbonyl (C=O) groups excluding carboxylic acids is 2. The molecule has 0 aliphatic heterocycles. The van der Waals surface area contributed by atoms with Crippen molar-refractivity contribution in [1.29, 1.82) is 0 Å². The van der Waals surface area contributed by atoms with Crippen molar-refractivity contribution in [2.24, 2.45) is 5.73 Å². The molecule has 0 unspecified atom stereocenters. The van der Waals surface area contributed by atoms with Crippen LogP contribution in [-0.2, 0) is 9.59 Å². The Morgan fingerprint density at radius 1 is 1.29 bits per heavy atom. The zero-order valence-electron chi connectivity index (χ0n) is 10.2. The minimum Gasteiger partial charge on any atom is -0.326 e. The molecule has 0 radical (unpaired) electrons. The normalized spacial score (nSPS) is 11.8. The number of nitrogens with two attached hydrogens (primary N) is 1. The van der Waals surface area contributed by atoms with Gasteiger partial charge in [-0.1, -0.05) is 6.07 Å². The summed E-state index contributed by atoms with van der Waals surface area (Å²) in [7, 11) is 0. The Balaban J connectivity index is 2.88. The lowest BCUT2D eigenvalue weighted by molar-refractivity contribution is -0.117. The van der Waals surface area contributed by atoms with Gasteiger partial charge in [-0.15, -0.1) is 0 Å². The number of hydrogen-bond donors (Lipinski definition) is 3. The van der Waals surface area contributed by atoms with E-state index in [1.165, 1.54) is 6.92 Å². The van der Waals surface area contributed by atoms with Crippen LogP contribution >= 0.6 is 0 Å². The van der Waals surface area contributed by atoms with Crippen LogP contribution in [0, 0.1) is 6.92 Å². The quantitative estimate of drug-likeness (QED) is 0.737. The summed E-state index contributed by atoms with van der Waals surface area (Å²) in [5.74, 6) is -0.411. The average molecular weight is 235 g/mol. The van der Waals surface area contributed by atoms with E-state index in [0.29, 0.717) is 11.4 Å². The molecule has 2 amide bonds. The van der Waals surface area contributed by atoms with Crippen LogP contribution < -0.4 is 16.4 Å². The first-order chi connectivity index (χ1) is 7.90. The van der Waals surface area contributed by atoms with Crippen LogP contribution in [0.5, 0.6) is 0 Å². The number of anilines is 2. The molecule has 92 valence electrons. The summed E-state index contributed by atoms with van der Waals surface area (Å²) in [6.45, 7) is 4.92. The lowest BCUT2D eigenvalue weighted by atomic mass is 10.1. The topological polar surface area (TPSA) is 84.2 Å². The molecule has 0 aliphatic rings. The van der Waals surface area contributed by atoms with Gasteiger partial charge >= 0.3 is 0 Å². The zero-order valence-corrected chi connectivity index (χ0v) is 10.2. The van der Waals surface area contributed by atoms with Gasteiger partial charge in [0, 0.05) is 18.3 Å². The number of carbonyl (C=O) groups is 2. The Labute approximate surface area is 100 Å². The average Bonchev–Trinajstić information content (AvgIpc) is 2.22. The monoisotopic (exact) mass is 235 g/mol. The maximum absolute atomic E-state index is 11.4. The second kappa shape index (κ2) is 5.45. The minimum absolute atomic E-state index is 0.149. The summed E-state index contributed by atoms with van der Waals surface area (Å²) in [5.41, 5.74) is 7.67. The third-order valence-electron chi connectivity index (χ3n) is 2.23. The number of rotatable bonds is 3. The summed E-state index contributed by atoms with van der Waals surface area (Å²) in [6.07, 6.45) is 0. The molecular weight excluding hydrogens is 218 g/mol. The van der Waals surface area contributed by atoms with Gasteiger partial charge in [-0.05, 0) is 31.5 Å². The summed E-state index contributed by atoms with van der Waals surface area (Å²) in [6, 6.07) is 4.72. The predicted molar refractivity (Wildman–Crippen MR) is 67.8 cm³/mol. The summed E-state index contributed by atoms with van der Waals surface area (Å²) < 4.78 is 0. The van der Waals surface area contributed by atoms with E-state index in [9.17, 15) is 9.59 Å². The van der Waals surface area contributed by atoms with Crippen LogP contribution in [0.25, 0.3) is 0 Å². The molecule has 0 spiro atoms. The number of nitrogens with one attached hydrogen (secondary N) is 2. The van der Waals surface area contributed by atoms with Gasteiger partial charge in [0.15, 0.2) is 0 Å². The maximum atomic E-state index is 11.4. The molecule has 0 aromatic heterocycles. The molecule has 0 fully saturated rings. The highest BCUT2D eigenvalue weighted by Crippen LogP contribution is 2.20. The van der Waals surface area contributed by atoms with Crippen LogP contribution in [0.4, 0.5) is 11.4 Å². The molecule has 4 N–H and O–H groups in total. The number of aryl methyl sites for hydroxylation is 1. The summed E-state index contributed by atoms with van der Waals surface area (Å²) in [5, 5.41) is 5.36. The van der Waals surface area contributed by atoms with Crippen molar-refractivity contribution in [2.75, 3.05) is 10.6 Å². The lowest BCUT2D eigenvalue weighted by Gasteiger charge is -2.11. The number of amides is 2. The second-order valence-electron chi connectivity index (χ2n) is 3.99. The van der Waals surface area contributed by atoms with Gasteiger partial charge in [0.1, 0.15) is 0 Å². The van der Waals surface area contributed by atoms with E-state index in [1.54, 1.807) is 19.1 Å². The molecule has 0 bridgehead atoms. The fourth-order valence-electron chi connectivity index (χ4n) is 1.28. The van der Waals surface area contributed by atoms with E-state index in [0.717, 1.165) is 5.56 Å². The van der Waals surface area contributed by atoms with Gasteiger partial charge in [-0.3, -0.25) is 9.59 Å². The Bertz CT molecular complexity index is 441. The molecule has 5 nitrogen and oxygen atoms in total. The number of hydrogen-bond acceptors (Lipinski definition) is 3. The Kier molecular flexibility index (Phi) is 4.23. The van der Waals surface area contributed by atoms with Crippen molar-refractivity contribution < 1.29 is 9.59 Å². The second-order valence-corrected chi connectivity index (χ2v) is 3.99. The highest BCUT2D eigenvalue weighted by molar-refractivity contribution is 5.96. The van der Waals surface area contributed by atoms with Crippen LogP contribution in [0.3, 0.4) is 0 Å². The Hall–Kier alpha value is -1.88. The SMILES string of the molecule is CC(=O)Nc1cc(NC(=O)[C@H](C)N)ccc1C. The molecule has 17 heavy (non-hydrogen) atoms.